The van der Waals surface area contributed by atoms with Crippen LogP contribution in [0.25, 0.3) is 11.3 Å². The summed E-state index contributed by atoms with van der Waals surface area (Å²) in [5.41, 5.74) is 1.46. The smallest absolute Gasteiger partial charge is 0.255 e. The Hall–Kier alpha value is -2.47. The van der Waals surface area contributed by atoms with Gasteiger partial charge in [0.15, 0.2) is 0 Å². The molecule has 0 aliphatic heterocycles. The minimum atomic E-state index is -0.0829. The maximum Gasteiger partial charge on any atom is 0.255 e. The molecule has 3 heterocycles. The van der Waals surface area contributed by atoms with Gasteiger partial charge in [-0.05, 0) is 30.0 Å². The first kappa shape index (κ1) is 14.5. The van der Waals surface area contributed by atoms with E-state index in [9.17, 15) is 4.79 Å². The van der Waals surface area contributed by atoms with Crippen molar-refractivity contribution in [3.63, 3.8) is 0 Å². The fraction of sp³-hybridized carbons (Fsp3) is 0.188. The number of pyridine rings is 1. The highest BCUT2D eigenvalue weighted by Gasteiger charge is 2.07. The SMILES string of the molecule is Cn1c(NCCc2cccs2)nc(-c2ccncc2)cc1=O. The van der Waals surface area contributed by atoms with Crippen molar-refractivity contribution in [3.05, 3.63) is 63.3 Å². The van der Waals surface area contributed by atoms with Gasteiger partial charge in [-0.1, -0.05) is 6.07 Å². The van der Waals surface area contributed by atoms with E-state index < -0.39 is 0 Å². The minimum Gasteiger partial charge on any atom is -0.355 e. The van der Waals surface area contributed by atoms with E-state index in [2.05, 4.69) is 26.7 Å². The Labute approximate surface area is 132 Å². The van der Waals surface area contributed by atoms with Crippen molar-refractivity contribution in [1.82, 2.24) is 14.5 Å². The van der Waals surface area contributed by atoms with Crippen molar-refractivity contribution in [3.8, 4) is 11.3 Å². The molecule has 0 spiro atoms. The monoisotopic (exact) mass is 312 g/mol. The molecule has 0 atom stereocenters. The molecule has 0 saturated carbocycles. The van der Waals surface area contributed by atoms with E-state index in [1.165, 1.54) is 9.44 Å². The third kappa shape index (κ3) is 3.23. The molecule has 6 heteroatoms. The molecule has 3 aromatic rings. The van der Waals surface area contributed by atoms with Gasteiger partial charge in [0.05, 0.1) is 5.69 Å². The quantitative estimate of drug-likeness (QED) is 0.786. The van der Waals surface area contributed by atoms with Gasteiger partial charge < -0.3 is 5.32 Å². The number of rotatable bonds is 5. The van der Waals surface area contributed by atoms with Gasteiger partial charge in [-0.15, -0.1) is 11.3 Å². The summed E-state index contributed by atoms with van der Waals surface area (Å²) in [4.78, 5) is 21.9. The van der Waals surface area contributed by atoms with Crippen LogP contribution in [-0.4, -0.2) is 21.1 Å². The Bertz CT molecular complexity index is 797. The molecular weight excluding hydrogens is 296 g/mol. The zero-order valence-corrected chi connectivity index (χ0v) is 13.0. The highest BCUT2D eigenvalue weighted by atomic mass is 32.1. The van der Waals surface area contributed by atoms with Crippen LogP contribution in [0, 0.1) is 0 Å². The second-order valence-electron chi connectivity index (χ2n) is 4.85. The summed E-state index contributed by atoms with van der Waals surface area (Å²) < 4.78 is 1.53. The first-order valence-electron chi connectivity index (χ1n) is 6.99. The Morgan fingerprint density at radius 3 is 2.82 bits per heavy atom. The average Bonchev–Trinajstić information content (AvgIpc) is 3.05. The number of nitrogens with one attached hydrogen (secondary N) is 1. The third-order valence-electron chi connectivity index (χ3n) is 3.35. The first-order chi connectivity index (χ1) is 10.7. The highest BCUT2D eigenvalue weighted by Crippen LogP contribution is 2.16. The molecule has 112 valence electrons. The molecule has 0 aliphatic carbocycles. The van der Waals surface area contributed by atoms with Crippen LogP contribution in [0.4, 0.5) is 5.95 Å². The van der Waals surface area contributed by atoms with Gasteiger partial charge in [-0.3, -0.25) is 14.3 Å². The molecule has 22 heavy (non-hydrogen) atoms. The van der Waals surface area contributed by atoms with Gasteiger partial charge in [-0.25, -0.2) is 4.98 Å². The summed E-state index contributed by atoms with van der Waals surface area (Å²) in [7, 11) is 1.72. The van der Waals surface area contributed by atoms with Crippen molar-refractivity contribution in [2.24, 2.45) is 7.05 Å². The molecule has 3 aromatic heterocycles. The van der Waals surface area contributed by atoms with Crippen LogP contribution in [0.3, 0.4) is 0 Å². The lowest BCUT2D eigenvalue weighted by molar-refractivity contribution is 0.821. The number of aromatic nitrogens is 3. The van der Waals surface area contributed by atoms with E-state index in [1.807, 2.05) is 18.2 Å². The normalized spacial score (nSPS) is 10.6. The first-order valence-corrected chi connectivity index (χ1v) is 7.87. The van der Waals surface area contributed by atoms with Gasteiger partial charge in [0.25, 0.3) is 5.56 Å². The number of thiophene rings is 1. The van der Waals surface area contributed by atoms with Crippen LogP contribution in [-0.2, 0) is 13.5 Å². The van der Waals surface area contributed by atoms with Gasteiger partial charge in [0, 0.05) is 42.5 Å². The summed E-state index contributed by atoms with van der Waals surface area (Å²) in [5, 5.41) is 5.31. The Kier molecular flexibility index (Phi) is 4.29. The maximum absolute atomic E-state index is 12.1. The van der Waals surface area contributed by atoms with Crippen molar-refractivity contribution in [1.29, 1.82) is 0 Å². The van der Waals surface area contributed by atoms with E-state index >= 15 is 0 Å². The Balaban J connectivity index is 1.81. The van der Waals surface area contributed by atoms with Crippen LogP contribution in [0.1, 0.15) is 4.88 Å². The molecule has 0 fully saturated rings. The summed E-state index contributed by atoms with van der Waals surface area (Å²) in [5.74, 6) is 0.580. The highest BCUT2D eigenvalue weighted by molar-refractivity contribution is 7.09. The summed E-state index contributed by atoms with van der Waals surface area (Å²) >= 11 is 1.73. The number of anilines is 1. The second kappa shape index (κ2) is 6.53. The summed E-state index contributed by atoms with van der Waals surface area (Å²) in [6.45, 7) is 0.737. The molecule has 0 aromatic carbocycles. The topological polar surface area (TPSA) is 59.8 Å². The number of hydrogen-bond donors (Lipinski definition) is 1. The lowest BCUT2D eigenvalue weighted by Crippen LogP contribution is -2.22. The minimum absolute atomic E-state index is 0.0829. The molecular formula is C16H16N4OS. The summed E-state index contributed by atoms with van der Waals surface area (Å²) in [6, 6.07) is 9.37. The van der Waals surface area contributed by atoms with E-state index in [0.29, 0.717) is 11.6 Å². The second-order valence-corrected chi connectivity index (χ2v) is 5.89. The lowest BCUT2D eigenvalue weighted by Gasteiger charge is -2.11. The van der Waals surface area contributed by atoms with E-state index in [4.69, 9.17) is 0 Å². The molecule has 5 nitrogen and oxygen atoms in total. The number of nitrogens with zero attached hydrogens (tertiary/aromatic N) is 3. The van der Waals surface area contributed by atoms with Crippen molar-refractivity contribution in [2.45, 2.75) is 6.42 Å². The largest absolute Gasteiger partial charge is 0.355 e. The molecule has 0 aliphatic rings. The zero-order chi connectivity index (χ0) is 15.4. The zero-order valence-electron chi connectivity index (χ0n) is 12.2. The molecule has 0 amide bonds. The van der Waals surface area contributed by atoms with Crippen LogP contribution in [0.15, 0.2) is 52.9 Å². The van der Waals surface area contributed by atoms with Crippen molar-refractivity contribution in [2.75, 3.05) is 11.9 Å². The number of hydrogen-bond acceptors (Lipinski definition) is 5. The van der Waals surface area contributed by atoms with Crippen LogP contribution >= 0.6 is 11.3 Å². The molecule has 0 bridgehead atoms. The molecule has 0 saturated heterocycles. The van der Waals surface area contributed by atoms with Crippen LogP contribution < -0.4 is 10.9 Å². The molecule has 0 radical (unpaired) electrons. The van der Waals surface area contributed by atoms with Crippen LogP contribution in [0.2, 0.25) is 0 Å². The van der Waals surface area contributed by atoms with E-state index in [-0.39, 0.29) is 5.56 Å². The van der Waals surface area contributed by atoms with Gasteiger partial charge in [0.1, 0.15) is 0 Å². The Morgan fingerprint density at radius 1 is 1.27 bits per heavy atom. The maximum atomic E-state index is 12.1. The van der Waals surface area contributed by atoms with Gasteiger partial charge >= 0.3 is 0 Å². The summed E-state index contributed by atoms with van der Waals surface area (Å²) in [6.07, 6.45) is 4.30. The van der Waals surface area contributed by atoms with Crippen LogP contribution in [0.5, 0.6) is 0 Å². The lowest BCUT2D eigenvalue weighted by atomic mass is 10.2. The average molecular weight is 312 g/mol. The standard InChI is InChI=1S/C16H16N4OS/c1-20-15(21)11-14(12-4-7-17-8-5-12)19-16(20)18-9-6-13-3-2-10-22-13/h2-5,7-8,10-11H,6,9H2,1H3,(H,18,19). The van der Waals surface area contributed by atoms with E-state index in [1.54, 1.807) is 36.8 Å². The molecule has 1 N–H and O–H groups in total. The van der Waals surface area contributed by atoms with Gasteiger partial charge in [-0.2, -0.15) is 0 Å². The van der Waals surface area contributed by atoms with E-state index in [0.717, 1.165) is 18.5 Å². The Morgan fingerprint density at radius 2 is 2.09 bits per heavy atom. The fourth-order valence-electron chi connectivity index (χ4n) is 2.12. The van der Waals surface area contributed by atoms with Crippen molar-refractivity contribution < 1.29 is 0 Å². The predicted molar refractivity (Wildman–Crippen MR) is 89.2 cm³/mol. The predicted octanol–water partition coefficient (Wildman–Crippen LogP) is 2.56. The third-order valence-corrected chi connectivity index (χ3v) is 4.28. The fourth-order valence-corrected chi connectivity index (χ4v) is 2.83. The van der Waals surface area contributed by atoms with Crippen molar-refractivity contribution >= 4 is 17.3 Å². The molecule has 3 rings (SSSR count). The van der Waals surface area contributed by atoms with Gasteiger partial charge in [0.2, 0.25) is 5.95 Å². The molecule has 0 unspecified atom stereocenters.